The number of fused-ring (bicyclic) bond motifs is 3. The molecule has 0 saturated carbocycles. The molecule has 0 unspecified atom stereocenters. The van der Waals surface area contributed by atoms with Gasteiger partial charge < -0.3 is 4.90 Å². The van der Waals surface area contributed by atoms with E-state index in [2.05, 4.69) is 254 Å². The molecule has 0 radical (unpaired) electrons. The van der Waals surface area contributed by atoms with Crippen LogP contribution in [-0.4, -0.2) is 4.98 Å². The van der Waals surface area contributed by atoms with Gasteiger partial charge in [0.25, 0.3) is 0 Å². The summed E-state index contributed by atoms with van der Waals surface area (Å²) in [5, 5.41) is 0. The van der Waals surface area contributed by atoms with Gasteiger partial charge in [-0.05, 0) is 115 Å². The van der Waals surface area contributed by atoms with E-state index in [1.165, 1.54) is 55.6 Å². The van der Waals surface area contributed by atoms with Crippen molar-refractivity contribution in [1.29, 1.82) is 0 Å². The molecule has 10 aromatic rings. The smallest absolute Gasteiger partial charge is 0.0759 e. The van der Waals surface area contributed by atoms with E-state index in [9.17, 15) is 0 Å². The lowest BCUT2D eigenvalue weighted by molar-refractivity contribution is 0.766. The number of hydrogen-bond donors (Lipinski definition) is 0. The van der Waals surface area contributed by atoms with Crippen molar-refractivity contribution in [3.8, 4) is 55.8 Å². The topological polar surface area (TPSA) is 16.1 Å². The van der Waals surface area contributed by atoms with Crippen LogP contribution in [0, 0.1) is 0 Å². The maximum Gasteiger partial charge on any atom is 0.0759 e. The zero-order chi connectivity index (χ0) is 41.3. The molecule has 0 atom stereocenters. The quantitative estimate of drug-likeness (QED) is 0.145. The number of nitrogens with zero attached hydrogens (tertiary/aromatic N) is 2. The Balaban J connectivity index is 0.981. The third-order valence-corrected chi connectivity index (χ3v) is 12.4. The van der Waals surface area contributed by atoms with Crippen molar-refractivity contribution >= 4 is 17.1 Å². The van der Waals surface area contributed by atoms with Crippen molar-refractivity contribution in [2.45, 2.75) is 5.41 Å². The van der Waals surface area contributed by atoms with E-state index in [1.807, 2.05) is 6.20 Å². The highest BCUT2D eigenvalue weighted by Gasteiger charge is 2.47. The molecule has 11 rings (SSSR count). The minimum absolute atomic E-state index is 0.499. The van der Waals surface area contributed by atoms with Crippen molar-refractivity contribution in [3.63, 3.8) is 0 Å². The second-order valence-electron chi connectivity index (χ2n) is 15.9. The SMILES string of the molecule is c1ccc(-c2ccc(N(c3ccc(-c4ccccc4)cc3)c3ccc(-c4cccc(-c5cccc6c5-c5ncccc5C6(c5ccccc5)c5ccccc5)c4)cc3)cc2)cc1. The average molecular weight is 791 g/mol. The van der Waals surface area contributed by atoms with Gasteiger partial charge in [0.15, 0.2) is 0 Å². The lowest BCUT2D eigenvalue weighted by Crippen LogP contribution is -2.28. The van der Waals surface area contributed by atoms with E-state index in [0.29, 0.717) is 0 Å². The predicted molar refractivity (Wildman–Crippen MR) is 258 cm³/mol. The monoisotopic (exact) mass is 790 g/mol. The molecule has 0 saturated heterocycles. The summed E-state index contributed by atoms with van der Waals surface area (Å²) in [6, 6.07) is 89.8. The van der Waals surface area contributed by atoms with Crippen LogP contribution in [0.5, 0.6) is 0 Å². The zero-order valence-electron chi connectivity index (χ0n) is 34.1. The first-order valence-corrected chi connectivity index (χ1v) is 21.3. The molecule has 0 aliphatic heterocycles. The Labute approximate surface area is 363 Å². The minimum Gasteiger partial charge on any atom is -0.311 e. The lowest BCUT2D eigenvalue weighted by atomic mass is 9.68. The maximum atomic E-state index is 5.13. The van der Waals surface area contributed by atoms with Crippen LogP contribution in [0.15, 0.2) is 255 Å². The third kappa shape index (κ3) is 6.41. The maximum absolute atomic E-state index is 5.13. The third-order valence-electron chi connectivity index (χ3n) is 12.4. The largest absolute Gasteiger partial charge is 0.311 e. The molecule has 1 heterocycles. The molecule has 0 bridgehead atoms. The fourth-order valence-electron chi connectivity index (χ4n) is 9.56. The molecule has 62 heavy (non-hydrogen) atoms. The van der Waals surface area contributed by atoms with Gasteiger partial charge in [-0.3, -0.25) is 4.98 Å². The highest BCUT2D eigenvalue weighted by Crippen LogP contribution is 2.57. The molecule has 2 nitrogen and oxygen atoms in total. The zero-order valence-corrected chi connectivity index (χ0v) is 34.1. The summed E-state index contributed by atoms with van der Waals surface area (Å²) < 4.78 is 0. The molecule has 0 spiro atoms. The number of aromatic nitrogens is 1. The van der Waals surface area contributed by atoms with Gasteiger partial charge in [-0.1, -0.05) is 200 Å². The Morgan fingerprint density at radius 3 is 1.23 bits per heavy atom. The fourth-order valence-corrected chi connectivity index (χ4v) is 9.56. The van der Waals surface area contributed by atoms with Crippen molar-refractivity contribution in [2.75, 3.05) is 4.90 Å². The van der Waals surface area contributed by atoms with Crippen LogP contribution < -0.4 is 4.90 Å². The molecule has 1 aromatic heterocycles. The van der Waals surface area contributed by atoms with Gasteiger partial charge in [0.1, 0.15) is 0 Å². The Hall–Kier alpha value is -8.07. The lowest BCUT2D eigenvalue weighted by Gasteiger charge is -2.33. The van der Waals surface area contributed by atoms with Gasteiger partial charge in [0, 0.05) is 28.8 Å². The number of benzene rings is 9. The van der Waals surface area contributed by atoms with E-state index in [0.717, 1.165) is 39.4 Å². The number of anilines is 3. The van der Waals surface area contributed by atoms with Crippen LogP contribution in [0.1, 0.15) is 22.3 Å². The summed E-state index contributed by atoms with van der Waals surface area (Å²) in [6.45, 7) is 0. The fraction of sp³-hybridized carbons (Fsp3) is 0.0167. The summed E-state index contributed by atoms with van der Waals surface area (Å²) in [5.41, 5.74) is 19.4. The van der Waals surface area contributed by atoms with E-state index in [4.69, 9.17) is 4.98 Å². The molecule has 2 heteroatoms. The molecule has 0 amide bonds. The Morgan fingerprint density at radius 2 is 0.710 bits per heavy atom. The summed E-state index contributed by atoms with van der Waals surface area (Å²) >= 11 is 0. The molecular weight excluding hydrogens is 749 g/mol. The van der Waals surface area contributed by atoms with Crippen LogP contribution >= 0.6 is 0 Å². The van der Waals surface area contributed by atoms with Crippen molar-refractivity contribution < 1.29 is 0 Å². The second kappa shape index (κ2) is 15.8. The Morgan fingerprint density at radius 1 is 0.306 bits per heavy atom. The van der Waals surface area contributed by atoms with Crippen molar-refractivity contribution in [1.82, 2.24) is 4.98 Å². The average Bonchev–Trinajstić information content (AvgIpc) is 3.67. The van der Waals surface area contributed by atoms with Crippen LogP contribution in [0.25, 0.3) is 55.8 Å². The Kier molecular flexibility index (Phi) is 9.44. The number of hydrogen-bond acceptors (Lipinski definition) is 2. The van der Waals surface area contributed by atoms with Crippen LogP contribution in [-0.2, 0) is 5.41 Å². The van der Waals surface area contributed by atoms with Gasteiger partial charge in [-0.2, -0.15) is 0 Å². The first-order valence-electron chi connectivity index (χ1n) is 21.3. The van der Waals surface area contributed by atoms with E-state index in [-0.39, 0.29) is 0 Å². The van der Waals surface area contributed by atoms with E-state index in [1.54, 1.807) is 0 Å². The molecule has 1 aliphatic rings. The van der Waals surface area contributed by atoms with Crippen LogP contribution in [0.2, 0.25) is 0 Å². The molecule has 1 aliphatic carbocycles. The highest BCUT2D eigenvalue weighted by molar-refractivity contribution is 5.94. The van der Waals surface area contributed by atoms with Crippen molar-refractivity contribution in [3.05, 3.63) is 277 Å². The van der Waals surface area contributed by atoms with E-state index >= 15 is 0 Å². The predicted octanol–water partition coefficient (Wildman–Crippen LogP) is 15.6. The van der Waals surface area contributed by atoms with Crippen molar-refractivity contribution in [2.24, 2.45) is 0 Å². The molecule has 292 valence electrons. The van der Waals surface area contributed by atoms with Gasteiger partial charge in [-0.25, -0.2) is 0 Å². The summed E-state index contributed by atoms with van der Waals surface area (Å²) in [5.74, 6) is 0. The first-order chi connectivity index (χ1) is 30.8. The summed E-state index contributed by atoms with van der Waals surface area (Å²) in [4.78, 5) is 7.47. The van der Waals surface area contributed by atoms with Gasteiger partial charge in [0.2, 0.25) is 0 Å². The van der Waals surface area contributed by atoms with E-state index < -0.39 is 5.41 Å². The highest BCUT2D eigenvalue weighted by atomic mass is 15.1. The molecule has 0 fully saturated rings. The second-order valence-corrected chi connectivity index (χ2v) is 15.9. The molecular formula is C60H42N2. The van der Waals surface area contributed by atoms with Gasteiger partial charge >= 0.3 is 0 Å². The normalized spacial score (nSPS) is 12.3. The first kappa shape index (κ1) is 37.0. The molecule has 0 N–H and O–H groups in total. The number of rotatable bonds is 9. The minimum atomic E-state index is -0.499. The number of pyridine rings is 1. The summed E-state index contributed by atoms with van der Waals surface area (Å²) in [7, 11) is 0. The van der Waals surface area contributed by atoms with Gasteiger partial charge in [0.05, 0.1) is 11.1 Å². The molecule has 9 aromatic carbocycles. The standard InChI is InChI=1S/C60H42N2/c1-5-16-43(17-6-1)45-29-35-52(36-30-45)62(53-37-31-46(32-38-53)44-18-7-2-8-19-44)54-39-33-47(34-40-54)48-20-13-21-49(42-48)55-26-14-27-56-58(55)59-57(28-15-41-61-59)60(56,50-22-9-3-10-23-50)51-24-11-4-12-25-51/h1-42H. The Bertz CT molecular complexity index is 3000. The summed E-state index contributed by atoms with van der Waals surface area (Å²) in [6.07, 6.45) is 1.93. The van der Waals surface area contributed by atoms with Crippen LogP contribution in [0.4, 0.5) is 17.1 Å². The van der Waals surface area contributed by atoms with Gasteiger partial charge in [-0.15, -0.1) is 0 Å². The van der Waals surface area contributed by atoms with Crippen LogP contribution in [0.3, 0.4) is 0 Å².